The summed E-state index contributed by atoms with van der Waals surface area (Å²) >= 11 is 1.63. The van der Waals surface area contributed by atoms with Crippen LogP contribution < -0.4 is 4.90 Å². The third kappa shape index (κ3) is 4.56. The lowest BCUT2D eigenvalue weighted by Gasteiger charge is -2.40. The highest BCUT2D eigenvalue weighted by Crippen LogP contribution is 2.35. The molecule has 8 heteroatoms. The van der Waals surface area contributed by atoms with E-state index < -0.39 is 5.79 Å². The molecule has 0 bridgehead atoms. The van der Waals surface area contributed by atoms with E-state index in [9.17, 15) is 4.79 Å². The topological polar surface area (TPSA) is 67.8 Å². The van der Waals surface area contributed by atoms with E-state index in [1.165, 1.54) is 0 Å². The molecule has 0 atom stereocenters. The zero-order chi connectivity index (χ0) is 21.1. The Morgan fingerprint density at radius 3 is 2.35 bits per heavy atom. The molecule has 0 radical (unpaired) electrons. The fourth-order valence-corrected chi connectivity index (χ4v) is 5.56. The standard InChI is InChI=1S/C23H28N4O3S/c28-22(27-14-8-23(9-15-27)29-16-17-30-23)18-6-12-26(13-7-18)20-21(25-11-10-24-20)31-19-4-2-1-3-5-19/h1-5,10-11,18H,6-9,12-17H2. The normalized spacial score (nSPS) is 21.5. The number of piperidine rings is 2. The molecule has 164 valence electrons. The Morgan fingerprint density at radius 2 is 1.65 bits per heavy atom. The molecule has 5 rings (SSSR count). The van der Waals surface area contributed by atoms with Crippen LogP contribution in [0.4, 0.5) is 5.82 Å². The number of amides is 1. The second-order valence-corrected chi connectivity index (χ2v) is 9.36. The van der Waals surface area contributed by atoms with E-state index >= 15 is 0 Å². The number of benzene rings is 1. The van der Waals surface area contributed by atoms with Gasteiger partial charge in [-0.1, -0.05) is 30.0 Å². The van der Waals surface area contributed by atoms with Crippen LogP contribution in [0.5, 0.6) is 0 Å². The van der Waals surface area contributed by atoms with Gasteiger partial charge in [-0.05, 0) is 25.0 Å². The van der Waals surface area contributed by atoms with Gasteiger partial charge in [0.05, 0.1) is 13.2 Å². The lowest BCUT2D eigenvalue weighted by Crippen LogP contribution is -2.50. The van der Waals surface area contributed by atoms with Gasteiger partial charge in [0.1, 0.15) is 5.03 Å². The predicted octanol–water partition coefficient (Wildman–Crippen LogP) is 3.21. The fraction of sp³-hybridized carbons (Fsp3) is 0.522. The lowest BCUT2D eigenvalue weighted by atomic mass is 9.93. The molecule has 1 amide bonds. The SMILES string of the molecule is O=C(C1CCN(c2nccnc2Sc2ccccc2)CC1)N1CCC2(CC1)OCCO2. The summed E-state index contributed by atoms with van der Waals surface area (Å²) in [6.45, 7) is 4.42. The van der Waals surface area contributed by atoms with Gasteiger partial charge in [0, 0.05) is 62.2 Å². The molecule has 1 aromatic heterocycles. The monoisotopic (exact) mass is 440 g/mol. The van der Waals surface area contributed by atoms with Crippen molar-refractivity contribution in [3.63, 3.8) is 0 Å². The second kappa shape index (κ2) is 9.14. The first kappa shape index (κ1) is 20.7. The maximum absolute atomic E-state index is 13.1. The van der Waals surface area contributed by atoms with Crippen molar-refractivity contribution in [2.45, 2.75) is 41.4 Å². The molecule has 0 saturated carbocycles. The van der Waals surface area contributed by atoms with Crippen molar-refractivity contribution >= 4 is 23.5 Å². The molecule has 3 aliphatic rings. The first-order chi connectivity index (χ1) is 15.2. The third-order valence-electron chi connectivity index (χ3n) is 6.40. The molecule has 3 aliphatic heterocycles. The van der Waals surface area contributed by atoms with Crippen molar-refractivity contribution in [1.29, 1.82) is 0 Å². The summed E-state index contributed by atoms with van der Waals surface area (Å²) in [7, 11) is 0. The predicted molar refractivity (Wildman–Crippen MR) is 118 cm³/mol. The summed E-state index contributed by atoms with van der Waals surface area (Å²) < 4.78 is 11.6. The average Bonchev–Trinajstić information content (AvgIpc) is 3.28. The Bertz CT molecular complexity index is 889. The minimum atomic E-state index is -0.432. The van der Waals surface area contributed by atoms with E-state index in [4.69, 9.17) is 9.47 Å². The minimum Gasteiger partial charge on any atom is -0.354 e. The Morgan fingerprint density at radius 1 is 0.968 bits per heavy atom. The van der Waals surface area contributed by atoms with Crippen LogP contribution in [0, 0.1) is 5.92 Å². The fourth-order valence-electron chi connectivity index (χ4n) is 4.66. The Labute approximate surface area is 187 Å². The van der Waals surface area contributed by atoms with Crippen molar-refractivity contribution in [1.82, 2.24) is 14.9 Å². The van der Waals surface area contributed by atoms with Gasteiger partial charge in [0.15, 0.2) is 11.6 Å². The van der Waals surface area contributed by atoms with Crippen molar-refractivity contribution in [3.8, 4) is 0 Å². The summed E-state index contributed by atoms with van der Waals surface area (Å²) in [6.07, 6.45) is 6.73. The highest BCUT2D eigenvalue weighted by atomic mass is 32.2. The Hall–Kier alpha value is -2.16. The van der Waals surface area contributed by atoms with Crippen LogP contribution in [-0.4, -0.2) is 66.0 Å². The number of hydrogen-bond acceptors (Lipinski definition) is 7. The van der Waals surface area contributed by atoms with Crippen LogP contribution in [0.2, 0.25) is 0 Å². The van der Waals surface area contributed by atoms with Crippen LogP contribution in [0.3, 0.4) is 0 Å². The van der Waals surface area contributed by atoms with Crippen molar-refractivity contribution in [2.75, 3.05) is 44.3 Å². The quantitative estimate of drug-likeness (QED) is 0.723. The van der Waals surface area contributed by atoms with Crippen molar-refractivity contribution < 1.29 is 14.3 Å². The Balaban J connectivity index is 1.18. The first-order valence-corrected chi connectivity index (χ1v) is 11.9. The third-order valence-corrected chi connectivity index (χ3v) is 7.39. The summed E-state index contributed by atoms with van der Waals surface area (Å²) in [5, 5.41) is 0.913. The molecule has 0 N–H and O–H groups in total. The van der Waals surface area contributed by atoms with Crippen LogP contribution in [0.1, 0.15) is 25.7 Å². The summed E-state index contributed by atoms with van der Waals surface area (Å²) in [4.78, 5) is 27.7. The number of aromatic nitrogens is 2. The van der Waals surface area contributed by atoms with E-state index in [1.54, 1.807) is 24.2 Å². The number of carbonyl (C=O) groups is 1. The smallest absolute Gasteiger partial charge is 0.225 e. The largest absolute Gasteiger partial charge is 0.354 e. The molecular formula is C23H28N4O3S. The summed E-state index contributed by atoms with van der Waals surface area (Å²) in [5.41, 5.74) is 0. The van der Waals surface area contributed by atoms with Crippen molar-refractivity contribution in [3.05, 3.63) is 42.7 Å². The molecular weight excluding hydrogens is 412 g/mol. The molecule has 0 aliphatic carbocycles. The summed E-state index contributed by atoms with van der Waals surface area (Å²) in [5.74, 6) is 0.847. The highest BCUT2D eigenvalue weighted by molar-refractivity contribution is 7.99. The van der Waals surface area contributed by atoms with Crippen molar-refractivity contribution in [2.24, 2.45) is 5.92 Å². The first-order valence-electron chi connectivity index (χ1n) is 11.1. The van der Waals surface area contributed by atoms with E-state index in [-0.39, 0.29) is 11.8 Å². The highest BCUT2D eigenvalue weighted by Gasteiger charge is 2.42. The van der Waals surface area contributed by atoms with Crippen LogP contribution in [0.15, 0.2) is 52.6 Å². The molecule has 3 saturated heterocycles. The molecule has 31 heavy (non-hydrogen) atoms. The van der Waals surface area contributed by atoms with E-state index in [0.29, 0.717) is 13.2 Å². The van der Waals surface area contributed by atoms with Crippen LogP contribution in [-0.2, 0) is 14.3 Å². The van der Waals surface area contributed by atoms with E-state index in [2.05, 4.69) is 27.0 Å². The van der Waals surface area contributed by atoms with Gasteiger partial charge in [0.2, 0.25) is 5.91 Å². The minimum absolute atomic E-state index is 0.0811. The van der Waals surface area contributed by atoms with Crippen LogP contribution >= 0.6 is 11.8 Å². The maximum Gasteiger partial charge on any atom is 0.225 e. The molecule has 3 fully saturated rings. The van der Waals surface area contributed by atoms with E-state index in [0.717, 1.165) is 67.6 Å². The van der Waals surface area contributed by atoms with E-state index in [1.807, 2.05) is 23.1 Å². The zero-order valence-electron chi connectivity index (χ0n) is 17.6. The van der Waals surface area contributed by atoms with Gasteiger partial charge in [-0.2, -0.15) is 0 Å². The maximum atomic E-state index is 13.1. The number of carbonyl (C=O) groups excluding carboxylic acids is 1. The molecule has 2 aromatic rings. The summed E-state index contributed by atoms with van der Waals surface area (Å²) in [6, 6.07) is 10.2. The number of nitrogens with zero attached hydrogens (tertiary/aromatic N) is 4. The van der Waals surface area contributed by atoms with Gasteiger partial charge >= 0.3 is 0 Å². The molecule has 4 heterocycles. The molecule has 0 unspecified atom stereocenters. The zero-order valence-corrected chi connectivity index (χ0v) is 18.4. The number of likely N-dealkylation sites (tertiary alicyclic amines) is 1. The number of hydrogen-bond donors (Lipinski definition) is 0. The van der Waals surface area contributed by atoms with Gasteiger partial charge < -0.3 is 19.3 Å². The van der Waals surface area contributed by atoms with Gasteiger partial charge in [-0.25, -0.2) is 9.97 Å². The van der Waals surface area contributed by atoms with Crippen LogP contribution in [0.25, 0.3) is 0 Å². The molecule has 7 nitrogen and oxygen atoms in total. The van der Waals surface area contributed by atoms with Gasteiger partial charge in [-0.15, -0.1) is 0 Å². The second-order valence-electron chi connectivity index (χ2n) is 8.29. The number of ether oxygens (including phenoxy) is 2. The number of rotatable bonds is 4. The average molecular weight is 441 g/mol. The number of anilines is 1. The molecule has 1 spiro atoms. The van der Waals surface area contributed by atoms with Gasteiger partial charge in [-0.3, -0.25) is 4.79 Å². The molecule has 1 aromatic carbocycles. The lowest BCUT2D eigenvalue weighted by molar-refractivity contribution is -0.188. The van der Waals surface area contributed by atoms with Gasteiger partial charge in [0.25, 0.3) is 0 Å². The Kier molecular flexibility index (Phi) is 6.11.